The molecule has 0 aliphatic rings. The molecule has 3 N–H and O–H groups in total. The van der Waals surface area contributed by atoms with E-state index in [0.29, 0.717) is 25.6 Å². The summed E-state index contributed by atoms with van der Waals surface area (Å²) < 4.78 is 5.41. The van der Waals surface area contributed by atoms with E-state index in [1.54, 1.807) is 0 Å². The summed E-state index contributed by atoms with van der Waals surface area (Å²) in [6, 6.07) is 0. The van der Waals surface area contributed by atoms with Crippen molar-refractivity contribution in [1.82, 2.24) is 5.32 Å². The Morgan fingerprint density at radius 1 is 1.44 bits per heavy atom. The fourth-order valence-corrected chi connectivity index (χ4v) is 1.03. The molecule has 96 valence electrons. The van der Waals surface area contributed by atoms with Gasteiger partial charge in [0.25, 0.3) is 0 Å². The first-order chi connectivity index (χ1) is 7.40. The Kier molecular flexibility index (Phi) is 7.34. The second-order valence-electron chi connectivity index (χ2n) is 5.17. The first-order valence-electron chi connectivity index (χ1n) is 5.96. The molecule has 0 bridgehead atoms. The summed E-state index contributed by atoms with van der Waals surface area (Å²) in [6.45, 7) is 10.4. The molecule has 0 radical (unpaired) electrons. The van der Waals surface area contributed by atoms with Crippen molar-refractivity contribution < 1.29 is 9.53 Å². The van der Waals surface area contributed by atoms with Gasteiger partial charge in [-0.25, -0.2) is 0 Å². The van der Waals surface area contributed by atoms with Gasteiger partial charge in [-0.05, 0) is 26.2 Å². The molecule has 0 aliphatic carbocycles. The van der Waals surface area contributed by atoms with Gasteiger partial charge in [0.1, 0.15) is 0 Å². The van der Waals surface area contributed by atoms with Gasteiger partial charge in [-0.3, -0.25) is 4.79 Å². The predicted octanol–water partition coefficient (Wildman–Crippen LogP) is 1.15. The van der Waals surface area contributed by atoms with Crippen molar-refractivity contribution in [2.45, 2.75) is 34.1 Å². The van der Waals surface area contributed by atoms with E-state index in [1.807, 2.05) is 13.8 Å². The van der Waals surface area contributed by atoms with Gasteiger partial charge >= 0.3 is 0 Å². The summed E-state index contributed by atoms with van der Waals surface area (Å²) in [5.41, 5.74) is 5.03. The van der Waals surface area contributed by atoms with Crippen molar-refractivity contribution in [3.05, 3.63) is 0 Å². The molecular formula is C12H26N2O2. The smallest absolute Gasteiger partial charge is 0.226 e. The maximum absolute atomic E-state index is 11.6. The third kappa shape index (κ3) is 6.80. The van der Waals surface area contributed by atoms with Crippen LogP contribution < -0.4 is 11.1 Å². The fraction of sp³-hybridized carbons (Fsp3) is 0.917. The van der Waals surface area contributed by atoms with Crippen LogP contribution in [0.1, 0.15) is 34.1 Å². The van der Waals surface area contributed by atoms with E-state index < -0.39 is 5.41 Å². The third-order valence-corrected chi connectivity index (χ3v) is 2.33. The van der Waals surface area contributed by atoms with E-state index in [2.05, 4.69) is 19.2 Å². The number of hydrogen-bond donors (Lipinski definition) is 2. The number of rotatable bonds is 8. The van der Waals surface area contributed by atoms with E-state index in [0.717, 1.165) is 13.0 Å². The molecule has 0 fully saturated rings. The van der Waals surface area contributed by atoms with Crippen LogP contribution in [0.25, 0.3) is 0 Å². The maximum Gasteiger partial charge on any atom is 0.226 e. The van der Waals surface area contributed by atoms with Crippen LogP contribution >= 0.6 is 0 Å². The van der Waals surface area contributed by atoms with Crippen molar-refractivity contribution in [3.8, 4) is 0 Å². The van der Waals surface area contributed by atoms with Crippen LogP contribution in [0.2, 0.25) is 0 Å². The molecule has 0 spiro atoms. The van der Waals surface area contributed by atoms with Crippen molar-refractivity contribution >= 4 is 5.91 Å². The molecule has 0 heterocycles. The Morgan fingerprint density at radius 3 is 2.56 bits per heavy atom. The van der Waals surface area contributed by atoms with E-state index in [1.165, 1.54) is 0 Å². The lowest BCUT2D eigenvalue weighted by Gasteiger charge is -2.21. The summed E-state index contributed by atoms with van der Waals surface area (Å²) in [6.07, 6.45) is 0.846. The van der Waals surface area contributed by atoms with Crippen LogP contribution in [-0.4, -0.2) is 32.2 Å². The first-order valence-corrected chi connectivity index (χ1v) is 5.96. The third-order valence-electron chi connectivity index (χ3n) is 2.33. The molecule has 4 nitrogen and oxygen atoms in total. The van der Waals surface area contributed by atoms with Crippen molar-refractivity contribution in [1.29, 1.82) is 0 Å². The number of carbonyl (C=O) groups is 1. The molecule has 0 saturated carbocycles. The van der Waals surface area contributed by atoms with Crippen molar-refractivity contribution in [3.63, 3.8) is 0 Å². The van der Waals surface area contributed by atoms with E-state index >= 15 is 0 Å². The highest BCUT2D eigenvalue weighted by Crippen LogP contribution is 2.11. The molecule has 4 heteroatoms. The number of nitrogens with two attached hydrogens (primary N) is 1. The van der Waals surface area contributed by atoms with Crippen LogP contribution in [-0.2, 0) is 9.53 Å². The molecule has 1 amide bonds. The topological polar surface area (TPSA) is 64.3 Å². The maximum atomic E-state index is 11.6. The summed E-state index contributed by atoms with van der Waals surface area (Å²) in [4.78, 5) is 11.6. The Balaban J connectivity index is 3.49. The zero-order valence-corrected chi connectivity index (χ0v) is 11.0. The number of hydrogen-bond acceptors (Lipinski definition) is 3. The lowest BCUT2D eigenvalue weighted by molar-refractivity contribution is -0.128. The lowest BCUT2D eigenvalue weighted by atomic mass is 9.93. The van der Waals surface area contributed by atoms with Gasteiger partial charge in [0, 0.05) is 26.3 Å². The minimum Gasteiger partial charge on any atom is -0.381 e. The largest absolute Gasteiger partial charge is 0.381 e. The van der Waals surface area contributed by atoms with E-state index in [4.69, 9.17) is 10.5 Å². The normalized spacial score (nSPS) is 11.9. The first kappa shape index (κ1) is 15.4. The van der Waals surface area contributed by atoms with Crippen LogP contribution in [0.4, 0.5) is 0 Å². The summed E-state index contributed by atoms with van der Waals surface area (Å²) >= 11 is 0. The Morgan fingerprint density at radius 2 is 2.06 bits per heavy atom. The van der Waals surface area contributed by atoms with Gasteiger partial charge in [0.15, 0.2) is 0 Å². The quantitative estimate of drug-likeness (QED) is 0.615. The van der Waals surface area contributed by atoms with Crippen LogP contribution in [0.15, 0.2) is 0 Å². The second kappa shape index (κ2) is 7.63. The average Bonchev–Trinajstić information content (AvgIpc) is 2.22. The molecule has 0 aromatic carbocycles. The highest BCUT2D eigenvalue weighted by molar-refractivity contribution is 5.81. The van der Waals surface area contributed by atoms with E-state index in [9.17, 15) is 4.79 Å². The standard InChI is InChI=1S/C12H26N2O2/c1-10(2)8-16-7-5-6-14-11(15)12(3,4)9-13/h10H,5-9,13H2,1-4H3,(H,14,15). The molecule has 0 aromatic heterocycles. The zero-order chi connectivity index (χ0) is 12.6. The molecule has 0 aliphatic heterocycles. The molecule has 0 rings (SSSR count). The Bertz CT molecular complexity index is 203. The SMILES string of the molecule is CC(C)COCCCNC(=O)C(C)(C)CN. The number of nitrogens with one attached hydrogen (secondary N) is 1. The minimum absolute atomic E-state index is 0.0128. The lowest BCUT2D eigenvalue weighted by Crippen LogP contribution is -2.42. The fourth-order valence-electron chi connectivity index (χ4n) is 1.03. The van der Waals surface area contributed by atoms with Gasteiger partial charge in [-0.2, -0.15) is 0 Å². The minimum atomic E-state index is -0.473. The summed E-state index contributed by atoms with van der Waals surface area (Å²) in [5, 5.41) is 2.86. The molecule has 0 atom stereocenters. The Labute approximate surface area is 98.9 Å². The van der Waals surface area contributed by atoms with Gasteiger partial charge in [0.05, 0.1) is 5.41 Å². The molecule has 0 aromatic rings. The van der Waals surface area contributed by atoms with Crippen molar-refractivity contribution in [2.24, 2.45) is 17.1 Å². The van der Waals surface area contributed by atoms with Gasteiger partial charge < -0.3 is 15.8 Å². The van der Waals surface area contributed by atoms with Gasteiger partial charge in [-0.15, -0.1) is 0 Å². The van der Waals surface area contributed by atoms with Crippen LogP contribution in [0.5, 0.6) is 0 Å². The van der Waals surface area contributed by atoms with E-state index in [-0.39, 0.29) is 5.91 Å². The Hall–Kier alpha value is -0.610. The predicted molar refractivity (Wildman–Crippen MR) is 66.1 cm³/mol. The van der Waals surface area contributed by atoms with Crippen molar-refractivity contribution in [2.75, 3.05) is 26.3 Å². The highest BCUT2D eigenvalue weighted by Gasteiger charge is 2.24. The highest BCUT2D eigenvalue weighted by atomic mass is 16.5. The number of amides is 1. The zero-order valence-electron chi connectivity index (χ0n) is 11.0. The molecule has 0 saturated heterocycles. The number of carbonyl (C=O) groups excluding carboxylic acids is 1. The van der Waals surface area contributed by atoms with Gasteiger partial charge in [0.2, 0.25) is 5.91 Å². The summed E-state index contributed by atoms with van der Waals surface area (Å²) in [7, 11) is 0. The molecular weight excluding hydrogens is 204 g/mol. The summed E-state index contributed by atoms with van der Waals surface area (Å²) in [5.74, 6) is 0.574. The second-order valence-corrected chi connectivity index (χ2v) is 5.17. The molecule has 0 unspecified atom stereocenters. The van der Waals surface area contributed by atoms with Crippen LogP contribution in [0.3, 0.4) is 0 Å². The van der Waals surface area contributed by atoms with Gasteiger partial charge in [-0.1, -0.05) is 13.8 Å². The number of ether oxygens (including phenoxy) is 1. The molecule has 16 heavy (non-hydrogen) atoms. The average molecular weight is 230 g/mol. The van der Waals surface area contributed by atoms with Crippen LogP contribution in [0, 0.1) is 11.3 Å². The monoisotopic (exact) mass is 230 g/mol.